The molecule has 0 aliphatic rings. The van der Waals surface area contributed by atoms with Crippen molar-refractivity contribution in [2.75, 3.05) is 0 Å². The van der Waals surface area contributed by atoms with Crippen LogP contribution in [0.1, 0.15) is 0 Å². The van der Waals surface area contributed by atoms with E-state index in [2.05, 4.69) is 19.9 Å². The van der Waals surface area contributed by atoms with Gasteiger partial charge >= 0.3 is 0 Å². The van der Waals surface area contributed by atoms with E-state index >= 15 is 0 Å². The number of H-pyrrole nitrogens is 1. The van der Waals surface area contributed by atoms with Crippen molar-refractivity contribution in [1.29, 1.82) is 0 Å². The Kier molecular flexibility index (Phi) is 2.16. The van der Waals surface area contributed by atoms with Crippen LogP contribution in [0.25, 0.3) is 11.2 Å². The Labute approximate surface area is 72.6 Å². The van der Waals surface area contributed by atoms with E-state index < -0.39 is 0 Å². The predicted molar refractivity (Wildman–Crippen MR) is 31.7 cm³/mol. The van der Waals surface area contributed by atoms with Gasteiger partial charge in [-0.05, 0) is 0 Å². The third kappa shape index (κ3) is 1.09. The molecule has 0 amide bonds. The molecule has 5 heteroatoms. The number of aromatic amines is 1. The molecule has 2 rings (SSSR count). The molecule has 0 fully saturated rings. The first-order valence-corrected chi connectivity index (χ1v) is 2.56. The summed E-state index contributed by atoms with van der Waals surface area (Å²) in [6.07, 6.45) is 4.76. The Balaban J connectivity index is 0.000000500. The van der Waals surface area contributed by atoms with Gasteiger partial charge < -0.3 is 4.98 Å². The first-order chi connectivity index (χ1) is 4.47. The van der Waals surface area contributed by atoms with Crippen molar-refractivity contribution in [3.05, 3.63) is 18.9 Å². The van der Waals surface area contributed by atoms with Crippen LogP contribution in [0.15, 0.2) is 18.9 Å². The summed E-state index contributed by atoms with van der Waals surface area (Å²) >= 11 is 0. The van der Waals surface area contributed by atoms with Crippen molar-refractivity contribution in [2.24, 2.45) is 0 Å². The third-order valence-corrected chi connectivity index (χ3v) is 1.10. The second-order valence-corrected chi connectivity index (χ2v) is 1.66. The molecule has 0 aromatic carbocycles. The SMILES string of the molecule is [Au].c1ncc2[nH]cnc2n1. The van der Waals surface area contributed by atoms with Gasteiger partial charge in [0.05, 0.1) is 12.5 Å². The summed E-state index contributed by atoms with van der Waals surface area (Å²) in [4.78, 5) is 14.5. The van der Waals surface area contributed by atoms with Crippen molar-refractivity contribution in [3.8, 4) is 0 Å². The Morgan fingerprint density at radius 1 is 1.30 bits per heavy atom. The summed E-state index contributed by atoms with van der Waals surface area (Å²) in [5.74, 6) is 0. The van der Waals surface area contributed by atoms with Crippen LogP contribution in [0.2, 0.25) is 0 Å². The van der Waals surface area contributed by atoms with Crippen molar-refractivity contribution in [3.63, 3.8) is 0 Å². The molecule has 1 radical (unpaired) electrons. The Bertz CT molecular complexity index is 288. The fourth-order valence-electron chi connectivity index (χ4n) is 0.691. The van der Waals surface area contributed by atoms with Crippen molar-refractivity contribution in [2.45, 2.75) is 0 Å². The minimum atomic E-state index is 0. The smallest absolute Gasteiger partial charge is 0.180 e. The number of nitrogens with one attached hydrogen (secondary N) is 1. The molecule has 0 saturated carbocycles. The second kappa shape index (κ2) is 2.92. The Hall–Kier alpha value is -0.710. The molecule has 2 aromatic heterocycles. The molecule has 0 unspecified atom stereocenters. The molecular weight excluding hydrogens is 313 g/mol. The zero-order valence-corrected chi connectivity index (χ0v) is 7.04. The van der Waals surface area contributed by atoms with Gasteiger partial charge in [-0.1, -0.05) is 0 Å². The summed E-state index contributed by atoms with van der Waals surface area (Å²) in [6.45, 7) is 0. The quantitative estimate of drug-likeness (QED) is 0.714. The van der Waals surface area contributed by atoms with Crippen molar-refractivity contribution >= 4 is 11.2 Å². The summed E-state index contributed by atoms with van der Waals surface area (Å²) < 4.78 is 0. The maximum Gasteiger partial charge on any atom is 0.180 e. The second-order valence-electron chi connectivity index (χ2n) is 1.66. The van der Waals surface area contributed by atoms with E-state index in [1.54, 1.807) is 12.5 Å². The van der Waals surface area contributed by atoms with Gasteiger partial charge in [-0.2, -0.15) is 0 Å². The van der Waals surface area contributed by atoms with Gasteiger partial charge in [-0.25, -0.2) is 15.0 Å². The summed E-state index contributed by atoms with van der Waals surface area (Å²) in [5, 5.41) is 0. The maximum absolute atomic E-state index is 3.91. The largest absolute Gasteiger partial charge is 0.342 e. The molecule has 1 N–H and O–H groups in total. The molecule has 0 atom stereocenters. The van der Waals surface area contributed by atoms with E-state index in [0.29, 0.717) is 5.65 Å². The fourth-order valence-corrected chi connectivity index (χ4v) is 0.691. The number of hydrogen-bond acceptors (Lipinski definition) is 3. The standard InChI is InChI=1S/C5H4N4.Au/c1-4-5(8-2-6-1)9-3-7-4;/h1-3H,(H,6,7,8,9);. The van der Waals surface area contributed by atoms with Gasteiger partial charge in [0.1, 0.15) is 11.8 Å². The van der Waals surface area contributed by atoms with E-state index in [-0.39, 0.29) is 22.4 Å². The van der Waals surface area contributed by atoms with Crippen LogP contribution in [0.5, 0.6) is 0 Å². The number of fused-ring (bicyclic) bond motifs is 1. The van der Waals surface area contributed by atoms with Gasteiger partial charge in [0.2, 0.25) is 0 Å². The molecule has 4 nitrogen and oxygen atoms in total. The van der Waals surface area contributed by atoms with E-state index in [1.807, 2.05) is 0 Å². The van der Waals surface area contributed by atoms with Crippen molar-refractivity contribution < 1.29 is 22.4 Å². The molecule has 2 aromatic rings. The molecule has 0 saturated heterocycles. The van der Waals surface area contributed by atoms with Crippen LogP contribution in [0, 0.1) is 0 Å². The van der Waals surface area contributed by atoms with Crippen LogP contribution in [-0.2, 0) is 22.4 Å². The number of imidazole rings is 1. The number of aromatic nitrogens is 4. The summed E-state index contributed by atoms with van der Waals surface area (Å²) in [6, 6.07) is 0. The fraction of sp³-hybridized carbons (Fsp3) is 0. The van der Waals surface area contributed by atoms with Crippen LogP contribution >= 0.6 is 0 Å². The number of rotatable bonds is 0. The summed E-state index contributed by atoms with van der Waals surface area (Å²) in [5.41, 5.74) is 1.59. The van der Waals surface area contributed by atoms with Crippen LogP contribution < -0.4 is 0 Å². The monoisotopic (exact) mass is 317 g/mol. The Morgan fingerprint density at radius 2 is 2.20 bits per heavy atom. The first kappa shape index (κ1) is 7.40. The average molecular weight is 317 g/mol. The van der Waals surface area contributed by atoms with Crippen LogP contribution in [0.3, 0.4) is 0 Å². The molecule has 55 valence electrons. The third-order valence-electron chi connectivity index (χ3n) is 1.10. The molecular formula is C5H4AuN4. The number of nitrogens with zero attached hydrogens (tertiary/aromatic N) is 3. The normalized spacial score (nSPS) is 9.20. The molecule has 0 aliphatic carbocycles. The minimum Gasteiger partial charge on any atom is -0.342 e. The maximum atomic E-state index is 3.91. The first-order valence-electron chi connectivity index (χ1n) is 2.56. The van der Waals surface area contributed by atoms with E-state index in [1.165, 1.54) is 6.33 Å². The van der Waals surface area contributed by atoms with Gasteiger partial charge in [-0.15, -0.1) is 0 Å². The summed E-state index contributed by atoms with van der Waals surface area (Å²) in [7, 11) is 0. The average Bonchev–Trinajstić information content (AvgIpc) is 2.33. The topological polar surface area (TPSA) is 54.5 Å². The van der Waals surface area contributed by atoms with Gasteiger partial charge in [0.25, 0.3) is 0 Å². The van der Waals surface area contributed by atoms with Crippen LogP contribution in [0.4, 0.5) is 0 Å². The van der Waals surface area contributed by atoms with E-state index in [0.717, 1.165) is 5.52 Å². The molecule has 0 bridgehead atoms. The van der Waals surface area contributed by atoms with Crippen molar-refractivity contribution in [1.82, 2.24) is 19.9 Å². The minimum absolute atomic E-state index is 0. The zero-order chi connectivity index (χ0) is 6.10. The van der Waals surface area contributed by atoms with E-state index in [9.17, 15) is 0 Å². The molecule has 0 aliphatic heterocycles. The predicted octanol–water partition coefficient (Wildman–Crippen LogP) is 0.350. The molecule has 2 heterocycles. The molecule has 10 heavy (non-hydrogen) atoms. The Morgan fingerprint density at radius 3 is 3.00 bits per heavy atom. The van der Waals surface area contributed by atoms with Gasteiger partial charge in [0, 0.05) is 22.4 Å². The van der Waals surface area contributed by atoms with E-state index in [4.69, 9.17) is 0 Å². The zero-order valence-electron chi connectivity index (χ0n) is 4.88. The number of hydrogen-bond donors (Lipinski definition) is 1. The van der Waals surface area contributed by atoms with Crippen LogP contribution in [-0.4, -0.2) is 19.9 Å². The van der Waals surface area contributed by atoms with Gasteiger partial charge in [-0.3, -0.25) is 0 Å². The van der Waals surface area contributed by atoms with Gasteiger partial charge in [0.15, 0.2) is 5.65 Å². The molecule has 0 spiro atoms.